The smallest absolute Gasteiger partial charge is 0.339 e. The van der Waals surface area contributed by atoms with Gasteiger partial charge in [0.05, 0.1) is 10.5 Å². The number of hydrogen-bond acceptors (Lipinski definition) is 5. The van der Waals surface area contributed by atoms with E-state index in [1.54, 1.807) is 6.07 Å². The van der Waals surface area contributed by atoms with Crippen LogP contribution in [0, 0.1) is 15.9 Å². The SMILES string of the molecule is C[C@H](OC(=O)c1cccc([N+](=O)[O-])c1)C(=O)N(C)Cc1cccc(F)c1. The van der Waals surface area contributed by atoms with Gasteiger partial charge in [-0.3, -0.25) is 14.9 Å². The molecule has 0 aliphatic heterocycles. The van der Waals surface area contributed by atoms with Crippen molar-refractivity contribution < 1.29 is 23.6 Å². The molecule has 136 valence electrons. The van der Waals surface area contributed by atoms with Crippen molar-refractivity contribution in [1.82, 2.24) is 4.90 Å². The first-order chi connectivity index (χ1) is 12.3. The number of nitro benzene ring substituents is 1. The minimum atomic E-state index is -1.10. The van der Waals surface area contributed by atoms with E-state index in [1.165, 1.54) is 55.3 Å². The Kier molecular flexibility index (Phi) is 6.00. The lowest BCUT2D eigenvalue weighted by molar-refractivity contribution is -0.384. The quantitative estimate of drug-likeness (QED) is 0.449. The second kappa shape index (κ2) is 8.19. The van der Waals surface area contributed by atoms with E-state index in [9.17, 15) is 24.1 Å². The lowest BCUT2D eigenvalue weighted by Crippen LogP contribution is -2.37. The van der Waals surface area contributed by atoms with Gasteiger partial charge in [0, 0.05) is 25.7 Å². The third kappa shape index (κ3) is 4.85. The number of amides is 1. The Balaban J connectivity index is 2.00. The van der Waals surface area contributed by atoms with Gasteiger partial charge in [0.25, 0.3) is 11.6 Å². The molecule has 7 nitrogen and oxygen atoms in total. The molecule has 0 N–H and O–H groups in total. The van der Waals surface area contributed by atoms with Gasteiger partial charge in [-0.1, -0.05) is 18.2 Å². The average molecular weight is 360 g/mol. The fraction of sp³-hybridized carbons (Fsp3) is 0.222. The Hall–Kier alpha value is -3.29. The maximum atomic E-state index is 13.2. The highest BCUT2D eigenvalue weighted by atomic mass is 19.1. The molecule has 2 aromatic rings. The van der Waals surface area contributed by atoms with Gasteiger partial charge in [-0.25, -0.2) is 9.18 Å². The van der Waals surface area contributed by atoms with Crippen LogP contribution in [0.15, 0.2) is 48.5 Å². The summed E-state index contributed by atoms with van der Waals surface area (Å²) in [6.45, 7) is 1.55. The zero-order valence-electron chi connectivity index (χ0n) is 14.2. The van der Waals surface area contributed by atoms with Crippen molar-refractivity contribution >= 4 is 17.6 Å². The van der Waals surface area contributed by atoms with Crippen molar-refractivity contribution in [2.75, 3.05) is 7.05 Å². The van der Waals surface area contributed by atoms with Gasteiger partial charge in [0.1, 0.15) is 5.82 Å². The number of esters is 1. The van der Waals surface area contributed by atoms with Crippen LogP contribution in [0.1, 0.15) is 22.8 Å². The molecule has 0 spiro atoms. The predicted molar refractivity (Wildman–Crippen MR) is 90.8 cm³/mol. The number of likely N-dealkylation sites (N-methyl/N-ethyl adjacent to an activating group) is 1. The molecule has 0 radical (unpaired) electrons. The second-order valence-electron chi connectivity index (χ2n) is 5.68. The number of ether oxygens (including phenoxy) is 1. The molecule has 8 heteroatoms. The number of non-ortho nitro benzene ring substituents is 1. The zero-order valence-corrected chi connectivity index (χ0v) is 14.2. The van der Waals surface area contributed by atoms with Crippen molar-refractivity contribution in [1.29, 1.82) is 0 Å². The molecule has 0 fully saturated rings. The number of rotatable bonds is 6. The second-order valence-corrected chi connectivity index (χ2v) is 5.68. The molecule has 26 heavy (non-hydrogen) atoms. The normalized spacial score (nSPS) is 11.5. The Morgan fingerprint density at radius 1 is 1.23 bits per heavy atom. The lowest BCUT2D eigenvalue weighted by atomic mass is 10.2. The summed E-state index contributed by atoms with van der Waals surface area (Å²) in [5.41, 5.74) is 0.325. The minimum Gasteiger partial charge on any atom is -0.449 e. The topological polar surface area (TPSA) is 89.7 Å². The highest BCUT2D eigenvalue weighted by Gasteiger charge is 2.23. The minimum absolute atomic E-state index is 0.0216. The van der Waals surface area contributed by atoms with E-state index in [-0.39, 0.29) is 17.8 Å². The Morgan fingerprint density at radius 2 is 1.92 bits per heavy atom. The molecule has 0 bridgehead atoms. The molecule has 0 aromatic heterocycles. The summed E-state index contributed by atoms with van der Waals surface area (Å²) in [6.07, 6.45) is -1.10. The van der Waals surface area contributed by atoms with Crippen LogP contribution in [0.3, 0.4) is 0 Å². The molecule has 0 saturated heterocycles. The van der Waals surface area contributed by atoms with E-state index < -0.39 is 28.7 Å². The molecular weight excluding hydrogens is 343 g/mol. The molecule has 0 saturated carbocycles. The molecule has 0 aliphatic rings. The van der Waals surface area contributed by atoms with Crippen LogP contribution in [0.4, 0.5) is 10.1 Å². The number of benzene rings is 2. The van der Waals surface area contributed by atoms with Gasteiger partial charge in [-0.05, 0) is 30.7 Å². The van der Waals surface area contributed by atoms with Crippen molar-refractivity contribution in [2.24, 2.45) is 0 Å². The van der Waals surface area contributed by atoms with Gasteiger partial charge >= 0.3 is 5.97 Å². The maximum absolute atomic E-state index is 13.2. The van der Waals surface area contributed by atoms with Gasteiger partial charge < -0.3 is 9.64 Å². The predicted octanol–water partition coefficient (Wildman–Crippen LogP) is 2.94. The first-order valence-corrected chi connectivity index (χ1v) is 7.73. The van der Waals surface area contributed by atoms with Crippen molar-refractivity contribution in [3.8, 4) is 0 Å². The molecule has 2 rings (SSSR count). The van der Waals surface area contributed by atoms with Crippen molar-refractivity contribution in [2.45, 2.75) is 19.6 Å². The van der Waals surface area contributed by atoms with E-state index in [4.69, 9.17) is 4.74 Å². The third-order valence-corrected chi connectivity index (χ3v) is 3.61. The highest BCUT2D eigenvalue weighted by molar-refractivity contribution is 5.92. The fourth-order valence-corrected chi connectivity index (χ4v) is 2.32. The van der Waals surface area contributed by atoms with Crippen LogP contribution in [0.5, 0.6) is 0 Å². The summed E-state index contributed by atoms with van der Waals surface area (Å²) < 4.78 is 18.3. The van der Waals surface area contributed by atoms with Crippen LogP contribution in [-0.4, -0.2) is 34.9 Å². The summed E-state index contributed by atoms with van der Waals surface area (Å²) in [4.78, 5) is 35.9. The largest absolute Gasteiger partial charge is 0.449 e. The molecule has 1 amide bonds. The number of carbonyl (C=O) groups excluding carboxylic acids is 2. The average Bonchev–Trinajstić information content (AvgIpc) is 2.61. The number of nitrogens with zero attached hydrogens (tertiary/aromatic N) is 2. The highest BCUT2D eigenvalue weighted by Crippen LogP contribution is 2.15. The summed E-state index contributed by atoms with van der Waals surface area (Å²) in [6, 6.07) is 10.9. The first kappa shape index (κ1) is 19.0. The fourth-order valence-electron chi connectivity index (χ4n) is 2.32. The van der Waals surface area contributed by atoms with Gasteiger partial charge in [0.2, 0.25) is 0 Å². The lowest BCUT2D eigenvalue weighted by Gasteiger charge is -2.21. The Bertz CT molecular complexity index is 840. The molecular formula is C18H17FN2O5. The van der Waals surface area contributed by atoms with E-state index in [0.717, 1.165) is 6.07 Å². The Labute approximate surface area is 149 Å². The zero-order chi connectivity index (χ0) is 19.3. The van der Waals surface area contributed by atoms with E-state index >= 15 is 0 Å². The molecule has 0 unspecified atom stereocenters. The summed E-state index contributed by atoms with van der Waals surface area (Å²) in [7, 11) is 1.50. The first-order valence-electron chi connectivity index (χ1n) is 7.73. The van der Waals surface area contributed by atoms with Crippen LogP contribution in [-0.2, 0) is 16.1 Å². The van der Waals surface area contributed by atoms with Crippen LogP contribution in [0.2, 0.25) is 0 Å². The van der Waals surface area contributed by atoms with Gasteiger partial charge in [-0.15, -0.1) is 0 Å². The summed E-state index contributed by atoms with van der Waals surface area (Å²) in [5, 5.41) is 10.8. The van der Waals surface area contributed by atoms with Crippen LogP contribution < -0.4 is 0 Å². The third-order valence-electron chi connectivity index (χ3n) is 3.61. The summed E-state index contributed by atoms with van der Waals surface area (Å²) in [5.74, 6) is -1.73. The number of hydrogen-bond donors (Lipinski definition) is 0. The number of halogens is 1. The molecule has 2 aromatic carbocycles. The monoisotopic (exact) mass is 360 g/mol. The van der Waals surface area contributed by atoms with E-state index in [0.29, 0.717) is 5.56 Å². The molecule has 0 heterocycles. The van der Waals surface area contributed by atoms with Crippen molar-refractivity contribution in [3.05, 3.63) is 75.6 Å². The van der Waals surface area contributed by atoms with Crippen LogP contribution >= 0.6 is 0 Å². The van der Waals surface area contributed by atoms with Gasteiger partial charge in [-0.2, -0.15) is 0 Å². The van der Waals surface area contributed by atoms with Gasteiger partial charge in [0.15, 0.2) is 6.10 Å². The number of nitro groups is 1. The standard InChI is InChI=1S/C18H17FN2O5/c1-12(17(22)20(2)11-13-5-3-7-15(19)9-13)26-18(23)14-6-4-8-16(10-14)21(24)25/h3-10,12H,11H2,1-2H3/t12-/m0/s1. The van der Waals surface area contributed by atoms with E-state index in [1.807, 2.05) is 0 Å². The van der Waals surface area contributed by atoms with Crippen LogP contribution in [0.25, 0.3) is 0 Å². The van der Waals surface area contributed by atoms with E-state index in [2.05, 4.69) is 0 Å². The molecule has 1 atom stereocenters. The maximum Gasteiger partial charge on any atom is 0.339 e. The molecule has 0 aliphatic carbocycles. The summed E-state index contributed by atoms with van der Waals surface area (Å²) >= 11 is 0. The Morgan fingerprint density at radius 3 is 2.58 bits per heavy atom. The van der Waals surface area contributed by atoms with Crippen molar-refractivity contribution in [3.63, 3.8) is 0 Å². The number of carbonyl (C=O) groups is 2.